The van der Waals surface area contributed by atoms with Crippen molar-refractivity contribution in [1.29, 1.82) is 0 Å². The summed E-state index contributed by atoms with van der Waals surface area (Å²) in [6, 6.07) is 0. The van der Waals surface area contributed by atoms with E-state index < -0.39 is 11.4 Å². The van der Waals surface area contributed by atoms with E-state index in [9.17, 15) is 0 Å². The summed E-state index contributed by atoms with van der Waals surface area (Å²) in [6.07, 6.45) is 0. The second kappa shape index (κ2) is 9.80. The van der Waals surface area contributed by atoms with Crippen molar-refractivity contribution < 1.29 is 44.3 Å². The first-order valence-electron chi connectivity index (χ1n) is 0.532. The quantitative estimate of drug-likeness (QED) is 0.295. The smallest absolute Gasteiger partial charge is 1.00 e. The summed E-state index contributed by atoms with van der Waals surface area (Å²) in [7, 11) is 0. The van der Waals surface area contributed by atoms with Gasteiger partial charge in [-0.15, -0.1) is 0 Å². The fourth-order valence-corrected chi connectivity index (χ4v) is 0. The van der Waals surface area contributed by atoms with Crippen LogP contribution in [0.2, 0.25) is 0 Å². The molecule has 0 saturated carbocycles. The van der Waals surface area contributed by atoms with Crippen LogP contribution in [0.5, 0.6) is 0 Å². The zero-order valence-corrected chi connectivity index (χ0v) is 9.20. The third-order valence-corrected chi connectivity index (χ3v) is 0. The van der Waals surface area contributed by atoms with E-state index in [4.69, 9.17) is 13.3 Å². The van der Waals surface area contributed by atoms with Crippen LogP contribution in [0.4, 0.5) is 0 Å². The fraction of sp³-hybridized carbons (Fsp3) is 0. The van der Waals surface area contributed by atoms with Crippen LogP contribution < -0.4 is 29.6 Å². The van der Waals surface area contributed by atoms with Gasteiger partial charge in [0.2, 0.25) is 0 Å². The molecular weight excluding hydrogens is 178 g/mol. The fourth-order valence-electron chi connectivity index (χ4n) is 0. The van der Waals surface area contributed by atoms with Crippen LogP contribution >= 0.6 is 0 Å². The van der Waals surface area contributed by atoms with Crippen molar-refractivity contribution in [2.75, 3.05) is 0 Å². The Morgan fingerprint density at radius 1 is 1.50 bits per heavy atom. The molecule has 0 fully saturated rings. The maximum Gasteiger partial charge on any atom is 1.00 e. The standard InChI is InChI=1S/AsH3.Na.H2O3S.H/c;;1-4(2)3;/h1H3;;(H2,1,2,3);/q;+1;;-1. The summed E-state index contributed by atoms with van der Waals surface area (Å²) in [5.41, 5.74) is 0. The second-order valence-corrected chi connectivity index (χ2v) is 0.692. The average molecular weight is 184 g/mol. The van der Waals surface area contributed by atoms with E-state index in [1.807, 2.05) is 0 Å². The van der Waals surface area contributed by atoms with E-state index in [0.717, 1.165) is 0 Å². The van der Waals surface area contributed by atoms with Crippen molar-refractivity contribution in [1.82, 2.24) is 0 Å². The Bertz CT molecular complexity index is 37.9. The topological polar surface area (TPSA) is 57.5 Å². The second-order valence-electron chi connectivity index (χ2n) is 0.231. The molecule has 0 aliphatic carbocycles. The van der Waals surface area contributed by atoms with Crippen LogP contribution in [0.15, 0.2) is 0 Å². The maximum absolute atomic E-state index is 8.67. The van der Waals surface area contributed by atoms with Crippen molar-refractivity contribution in [2.24, 2.45) is 0 Å². The Hall–Kier alpha value is 1.63. The molecule has 0 amide bonds. The Labute approximate surface area is 73.1 Å². The van der Waals surface area contributed by atoms with E-state index in [1.54, 1.807) is 0 Å². The molecule has 0 aromatic rings. The van der Waals surface area contributed by atoms with Gasteiger partial charge in [0.05, 0.1) is 0 Å². The summed E-state index contributed by atoms with van der Waals surface area (Å²) in [5.74, 6) is 0. The van der Waals surface area contributed by atoms with Crippen LogP contribution in [0.3, 0.4) is 0 Å². The van der Waals surface area contributed by atoms with E-state index in [-0.39, 0.29) is 48.9 Å². The first kappa shape index (κ1) is 15.6. The van der Waals surface area contributed by atoms with Crippen LogP contribution in [-0.4, -0.2) is 31.3 Å². The molecule has 0 radical (unpaired) electrons. The average Bonchev–Trinajstić information content (AvgIpc) is 0.811. The number of hydrogen-bond acceptors (Lipinski definition) is 1. The molecule has 0 bridgehead atoms. The van der Waals surface area contributed by atoms with Crippen molar-refractivity contribution in [3.63, 3.8) is 0 Å². The molecule has 0 aliphatic heterocycles. The van der Waals surface area contributed by atoms with Gasteiger partial charge in [0.25, 0.3) is 11.4 Å². The molecule has 6 heavy (non-hydrogen) atoms. The van der Waals surface area contributed by atoms with Gasteiger partial charge in [0, 0.05) is 0 Å². The van der Waals surface area contributed by atoms with Gasteiger partial charge in [-0.2, -0.15) is 4.21 Å². The Morgan fingerprint density at radius 3 is 1.50 bits per heavy atom. The predicted molar refractivity (Wildman–Crippen MR) is 24.5 cm³/mol. The molecule has 3 nitrogen and oxygen atoms in total. The largest absolute Gasteiger partial charge is 1.00 e. The normalized spacial score (nSPS) is 5.83. The molecule has 36 valence electrons. The zero-order chi connectivity index (χ0) is 3.58. The minimum Gasteiger partial charge on any atom is -1.00 e. The van der Waals surface area contributed by atoms with Gasteiger partial charge in [0.1, 0.15) is 0 Å². The Balaban J connectivity index is -0.0000000150. The number of rotatable bonds is 0. The van der Waals surface area contributed by atoms with Gasteiger partial charge < -0.3 is 1.43 Å². The molecule has 2 N–H and O–H groups in total. The van der Waals surface area contributed by atoms with Crippen LogP contribution in [0.1, 0.15) is 1.43 Å². The summed E-state index contributed by atoms with van der Waals surface area (Å²) >= 11 is -2.61. The van der Waals surface area contributed by atoms with Crippen molar-refractivity contribution >= 4 is 29.3 Å². The van der Waals surface area contributed by atoms with Gasteiger partial charge in [-0.05, 0) is 0 Å². The van der Waals surface area contributed by atoms with Gasteiger partial charge >= 0.3 is 47.5 Å². The minimum atomic E-state index is -2.61. The van der Waals surface area contributed by atoms with E-state index >= 15 is 0 Å². The molecule has 0 saturated heterocycles. The third-order valence-electron chi connectivity index (χ3n) is 0. The van der Waals surface area contributed by atoms with Gasteiger partial charge in [-0.3, -0.25) is 9.11 Å². The first-order chi connectivity index (χ1) is 1.73. The van der Waals surface area contributed by atoms with Crippen LogP contribution in [0, 0.1) is 0 Å². The van der Waals surface area contributed by atoms with Crippen LogP contribution in [-0.2, 0) is 11.4 Å². The molecular formula is H6AsNaO3S. The molecule has 0 aromatic heterocycles. The Kier molecular flexibility index (Phi) is 25.6. The summed E-state index contributed by atoms with van der Waals surface area (Å²) in [6.45, 7) is 0. The van der Waals surface area contributed by atoms with E-state index in [0.29, 0.717) is 0 Å². The number of hydrogen-bond donors (Lipinski definition) is 2. The van der Waals surface area contributed by atoms with Gasteiger partial charge in [0.15, 0.2) is 0 Å². The maximum atomic E-state index is 8.67. The molecule has 0 heterocycles. The molecule has 1 atom stereocenters. The molecule has 0 aliphatic rings. The molecule has 6 heteroatoms. The van der Waals surface area contributed by atoms with Crippen molar-refractivity contribution in [3.8, 4) is 0 Å². The van der Waals surface area contributed by atoms with E-state index in [1.165, 1.54) is 0 Å². The van der Waals surface area contributed by atoms with E-state index in [2.05, 4.69) is 0 Å². The van der Waals surface area contributed by atoms with Crippen LogP contribution in [0.25, 0.3) is 0 Å². The molecule has 0 spiro atoms. The predicted octanol–water partition coefficient (Wildman–Crippen LogP) is -4.39. The van der Waals surface area contributed by atoms with Crippen molar-refractivity contribution in [2.45, 2.75) is 0 Å². The summed E-state index contributed by atoms with van der Waals surface area (Å²) in [4.78, 5) is 0. The summed E-state index contributed by atoms with van der Waals surface area (Å²) in [5, 5.41) is 0. The SMILES string of the molecule is O=S(O)O.[AsH3].[H-].[Na+]. The van der Waals surface area contributed by atoms with Gasteiger partial charge in [-0.25, -0.2) is 0 Å². The monoisotopic (exact) mass is 184 g/mol. The summed E-state index contributed by atoms with van der Waals surface area (Å²) < 4.78 is 22.8. The molecule has 0 aromatic carbocycles. The third kappa shape index (κ3) is 45.5. The van der Waals surface area contributed by atoms with Gasteiger partial charge in [-0.1, -0.05) is 0 Å². The minimum absolute atomic E-state index is 0. The first-order valence-corrected chi connectivity index (χ1v) is 1.60. The van der Waals surface area contributed by atoms with Crippen molar-refractivity contribution in [3.05, 3.63) is 0 Å². The zero-order valence-electron chi connectivity index (χ0n) is 4.42. The molecule has 0 rings (SSSR count). The Morgan fingerprint density at radius 2 is 1.50 bits per heavy atom. The molecule has 1 unspecified atom stereocenters.